The zero-order valence-corrected chi connectivity index (χ0v) is 9.87. The van der Waals surface area contributed by atoms with Crippen LogP contribution >= 0.6 is 0 Å². The Bertz CT molecular complexity index is 342. The quantitative estimate of drug-likeness (QED) is 0.839. The van der Waals surface area contributed by atoms with Crippen LogP contribution in [0, 0.1) is 5.82 Å². The third-order valence-corrected chi connectivity index (χ3v) is 2.19. The van der Waals surface area contributed by atoms with Crippen molar-refractivity contribution in [3.05, 3.63) is 29.6 Å². The first kappa shape index (κ1) is 12.9. The number of benzene rings is 1. The van der Waals surface area contributed by atoms with E-state index in [0.29, 0.717) is 17.9 Å². The van der Waals surface area contributed by atoms with Crippen molar-refractivity contribution in [2.75, 3.05) is 13.7 Å². The standard InChI is InChI=1S/C12H18FNO2/c1-8(7-15-3)16-12-5-4-10(13)6-11(12)9(2)14/h4-6,8-9H,7,14H2,1-3H3. The maximum atomic E-state index is 13.1. The molecule has 0 radical (unpaired) electrons. The summed E-state index contributed by atoms with van der Waals surface area (Å²) in [6, 6.07) is 4.10. The first-order valence-corrected chi connectivity index (χ1v) is 5.25. The van der Waals surface area contributed by atoms with Gasteiger partial charge in [0.15, 0.2) is 0 Å². The van der Waals surface area contributed by atoms with Gasteiger partial charge in [-0.1, -0.05) is 0 Å². The van der Waals surface area contributed by atoms with Crippen molar-refractivity contribution >= 4 is 0 Å². The second-order valence-corrected chi connectivity index (χ2v) is 3.85. The summed E-state index contributed by atoms with van der Waals surface area (Å²) in [5, 5.41) is 0. The first-order chi connectivity index (χ1) is 7.54. The fourth-order valence-corrected chi connectivity index (χ4v) is 1.47. The smallest absolute Gasteiger partial charge is 0.124 e. The molecular formula is C12H18FNO2. The highest BCUT2D eigenvalue weighted by atomic mass is 19.1. The topological polar surface area (TPSA) is 44.5 Å². The Morgan fingerprint density at radius 2 is 2.06 bits per heavy atom. The molecule has 2 unspecified atom stereocenters. The van der Waals surface area contributed by atoms with Gasteiger partial charge in [0.2, 0.25) is 0 Å². The molecule has 2 atom stereocenters. The van der Waals surface area contributed by atoms with Gasteiger partial charge >= 0.3 is 0 Å². The zero-order chi connectivity index (χ0) is 12.1. The van der Waals surface area contributed by atoms with Crippen molar-refractivity contribution in [3.63, 3.8) is 0 Å². The Hall–Kier alpha value is -1.13. The second kappa shape index (κ2) is 5.82. The molecule has 3 nitrogen and oxygen atoms in total. The van der Waals surface area contributed by atoms with Crippen LogP contribution in [-0.4, -0.2) is 19.8 Å². The van der Waals surface area contributed by atoms with E-state index in [1.54, 1.807) is 20.1 Å². The Labute approximate surface area is 95.4 Å². The van der Waals surface area contributed by atoms with E-state index in [1.165, 1.54) is 12.1 Å². The van der Waals surface area contributed by atoms with E-state index in [-0.39, 0.29) is 18.0 Å². The van der Waals surface area contributed by atoms with Crippen molar-refractivity contribution in [1.29, 1.82) is 0 Å². The van der Waals surface area contributed by atoms with Gasteiger partial charge in [-0.05, 0) is 32.0 Å². The predicted octanol–water partition coefficient (Wildman–Crippen LogP) is 2.26. The monoisotopic (exact) mass is 227 g/mol. The van der Waals surface area contributed by atoms with Gasteiger partial charge in [-0.3, -0.25) is 0 Å². The Balaban J connectivity index is 2.86. The lowest BCUT2D eigenvalue weighted by molar-refractivity contribution is 0.0911. The number of hydrogen-bond acceptors (Lipinski definition) is 3. The molecule has 16 heavy (non-hydrogen) atoms. The van der Waals surface area contributed by atoms with E-state index in [1.807, 2.05) is 6.92 Å². The maximum Gasteiger partial charge on any atom is 0.124 e. The van der Waals surface area contributed by atoms with E-state index in [0.717, 1.165) is 0 Å². The van der Waals surface area contributed by atoms with Crippen molar-refractivity contribution in [2.24, 2.45) is 5.73 Å². The minimum atomic E-state index is -0.306. The van der Waals surface area contributed by atoms with Crippen LogP contribution in [-0.2, 0) is 4.74 Å². The minimum absolute atomic E-state index is 0.0899. The summed E-state index contributed by atoms with van der Waals surface area (Å²) in [5.41, 5.74) is 6.42. The summed E-state index contributed by atoms with van der Waals surface area (Å²) < 4.78 is 23.7. The molecule has 1 rings (SSSR count). The Morgan fingerprint density at radius 1 is 1.38 bits per heavy atom. The summed E-state index contributed by atoms with van der Waals surface area (Å²) in [5.74, 6) is 0.306. The number of methoxy groups -OCH3 is 1. The molecular weight excluding hydrogens is 209 g/mol. The summed E-state index contributed by atoms with van der Waals surface area (Å²) in [4.78, 5) is 0. The van der Waals surface area contributed by atoms with Gasteiger partial charge < -0.3 is 15.2 Å². The van der Waals surface area contributed by atoms with Gasteiger partial charge in [0.25, 0.3) is 0 Å². The molecule has 0 heterocycles. The van der Waals surface area contributed by atoms with Crippen molar-refractivity contribution in [2.45, 2.75) is 26.0 Å². The van der Waals surface area contributed by atoms with Gasteiger partial charge in [-0.25, -0.2) is 4.39 Å². The maximum absolute atomic E-state index is 13.1. The molecule has 0 aliphatic heterocycles. The Morgan fingerprint density at radius 3 is 2.62 bits per heavy atom. The summed E-state index contributed by atoms with van der Waals surface area (Å²) >= 11 is 0. The highest BCUT2D eigenvalue weighted by Gasteiger charge is 2.12. The number of hydrogen-bond donors (Lipinski definition) is 1. The fraction of sp³-hybridized carbons (Fsp3) is 0.500. The number of rotatable bonds is 5. The largest absolute Gasteiger partial charge is 0.488 e. The molecule has 4 heteroatoms. The van der Waals surface area contributed by atoms with E-state index >= 15 is 0 Å². The van der Waals surface area contributed by atoms with Crippen LogP contribution in [0.3, 0.4) is 0 Å². The highest BCUT2D eigenvalue weighted by molar-refractivity contribution is 5.36. The zero-order valence-electron chi connectivity index (χ0n) is 9.87. The summed E-state index contributed by atoms with van der Waals surface area (Å²) in [7, 11) is 1.61. The molecule has 2 N–H and O–H groups in total. The van der Waals surface area contributed by atoms with Crippen molar-refractivity contribution < 1.29 is 13.9 Å². The van der Waals surface area contributed by atoms with Crippen LogP contribution < -0.4 is 10.5 Å². The predicted molar refractivity (Wildman–Crippen MR) is 61.0 cm³/mol. The SMILES string of the molecule is COCC(C)Oc1ccc(F)cc1C(C)N. The van der Waals surface area contributed by atoms with Crippen molar-refractivity contribution in [3.8, 4) is 5.75 Å². The average molecular weight is 227 g/mol. The summed E-state index contributed by atoms with van der Waals surface area (Å²) in [6.07, 6.45) is -0.0899. The minimum Gasteiger partial charge on any atom is -0.488 e. The molecule has 0 amide bonds. The first-order valence-electron chi connectivity index (χ1n) is 5.25. The van der Waals surface area contributed by atoms with Crippen LogP contribution in [0.5, 0.6) is 5.75 Å². The van der Waals surface area contributed by atoms with Gasteiger partial charge in [0.05, 0.1) is 6.61 Å². The Kier molecular flexibility index (Phi) is 4.71. The van der Waals surface area contributed by atoms with Crippen molar-refractivity contribution in [1.82, 2.24) is 0 Å². The lowest BCUT2D eigenvalue weighted by atomic mass is 10.1. The molecule has 1 aromatic carbocycles. The third-order valence-electron chi connectivity index (χ3n) is 2.19. The molecule has 0 spiro atoms. The average Bonchev–Trinajstić information content (AvgIpc) is 2.20. The normalized spacial score (nSPS) is 14.6. The molecule has 0 aromatic heterocycles. The lowest BCUT2D eigenvalue weighted by Gasteiger charge is -2.18. The van der Waals surface area contributed by atoms with Gasteiger partial charge in [-0.2, -0.15) is 0 Å². The van der Waals surface area contributed by atoms with Crippen LogP contribution in [0.15, 0.2) is 18.2 Å². The molecule has 1 aromatic rings. The number of halogens is 1. The van der Waals surface area contributed by atoms with Gasteiger partial charge in [0.1, 0.15) is 17.7 Å². The van der Waals surface area contributed by atoms with Crippen LogP contribution in [0.2, 0.25) is 0 Å². The molecule has 0 aliphatic rings. The van der Waals surface area contributed by atoms with E-state index in [4.69, 9.17) is 15.2 Å². The number of nitrogens with two attached hydrogens (primary N) is 1. The molecule has 0 aliphatic carbocycles. The third kappa shape index (κ3) is 3.47. The second-order valence-electron chi connectivity index (χ2n) is 3.85. The highest BCUT2D eigenvalue weighted by Crippen LogP contribution is 2.25. The van der Waals surface area contributed by atoms with E-state index in [2.05, 4.69) is 0 Å². The van der Waals surface area contributed by atoms with Crippen LogP contribution in [0.25, 0.3) is 0 Å². The molecule has 0 saturated heterocycles. The summed E-state index contributed by atoms with van der Waals surface area (Å²) in [6.45, 7) is 4.16. The lowest BCUT2D eigenvalue weighted by Crippen LogP contribution is -2.20. The van der Waals surface area contributed by atoms with E-state index < -0.39 is 0 Å². The number of ether oxygens (including phenoxy) is 2. The molecule has 0 fully saturated rings. The van der Waals surface area contributed by atoms with Gasteiger partial charge in [-0.15, -0.1) is 0 Å². The molecule has 0 bridgehead atoms. The van der Waals surface area contributed by atoms with Gasteiger partial charge in [0, 0.05) is 18.7 Å². The fourth-order valence-electron chi connectivity index (χ4n) is 1.47. The molecule has 90 valence electrons. The van der Waals surface area contributed by atoms with Crippen LogP contribution in [0.1, 0.15) is 25.5 Å². The van der Waals surface area contributed by atoms with E-state index in [9.17, 15) is 4.39 Å². The molecule has 0 saturated carbocycles. The van der Waals surface area contributed by atoms with Crippen LogP contribution in [0.4, 0.5) is 4.39 Å².